The van der Waals surface area contributed by atoms with Crippen molar-refractivity contribution in [1.29, 1.82) is 0 Å². The molecule has 2 nitrogen and oxygen atoms in total. The normalized spacial score (nSPS) is 40.6. The lowest BCUT2D eigenvalue weighted by Crippen LogP contribution is -2.54. The lowest BCUT2D eigenvalue weighted by Gasteiger charge is -2.52. The Bertz CT molecular complexity index is 415. The fourth-order valence-corrected chi connectivity index (χ4v) is 4.17. The smallest absolute Gasteiger partial charge is 0.281 e. The van der Waals surface area contributed by atoms with Crippen LogP contribution in [0, 0.1) is 23.3 Å². The predicted molar refractivity (Wildman–Crippen MR) is 68.4 cm³/mol. The van der Waals surface area contributed by atoms with Crippen LogP contribution >= 0.6 is 0 Å². The van der Waals surface area contributed by atoms with Crippen molar-refractivity contribution in [2.24, 2.45) is 16.7 Å². The lowest BCUT2D eigenvalue weighted by molar-refractivity contribution is -0.142. The molecule has 0 aromatic rings. The van der Waals surface area contributed by atoms with Gasteiger partial charge >= 0.3 is 0 Å². The lowest BCUT2D eigenvalue weighted by atomic mass is 9.50. The van der Waals surface area contributed by atoms with Crippen LogP contribution in [0.4, 0.5) is 0 Å². The van der Waals surface area contributed by atoms with E-state index in [0.29, 0.717) is 5.92 Å². The molecule has 2 heteroatoms. The summed E-state index contributed by atoms with van der Waals surface area (Å²) in [5.74, 6) is 0.563. The summed E-state index contributed by atoms with van der Waals surface area (Å²) < 4.78 is 0. The van der Waals surface area contributed by atoms with Crippen LogP contribution in [0.25, 0.3) is 4.85 Å². The minimum atomic E-state index is -0.433. The number of carbonyl (C=O) groups is 1. The quantitative estimate of drug-likeness (QED) is 0.461. The number of hydrogen-bond acceptors (Lipinski definition) is 1. The molecular formula is C15H21NO. The van der Waals surface area contributed by atoms with Crippen LogP contribution in [-0.2, 0) is 4.79 Å². The van der Waals surface area contributed by atoms with E-state index >= 15 is 0 Å². The summed E-state index contributed by atoms with van der Waals surface area (Å²) in [6, 6.07) is -0.433. The second kappa shape index (κ2) is 3.70. The van der Waals surface area contributed by atoms with Gasteiger partial charge in [-0.05, 0) is 30.6 Å². The Labute approximate surface area is 104 Å². The molecule has 0 aromatic heterocycles. The van der Waals surface area contributed by atoms with Gasteiger partial charge in [-0.25, -0.2) is 6.57 Å². The van der Waals surface area contributed by atoms with Crippen molar-refractivity contribution in [2.75, 3.05) is 0 Å². The summed E-state index contributed by atoms with van der Waals surface area (Å²) in [7, 11) is 0. The van der Waals surface area contributed by atoms with E-state index in [9.17, 15) is 4.79 Å². The first-order valence-corrected chi connectivity index (χ1v) is 6.39. The number of carbonyl (C=O) groups excluding carboxylic acids is 1. The largest absolute Gasteiger partial charge is 0.305 e. The van der Waals surface area contributed by atoms with Crippen molar-refractivity contribution < 1.29 is 4.79 Å². The summed E-state index contributed by atoms with van der Waals surface area (Å²) in [4.78, 5) is 15.9. The van der Waals surface area contributed by atoms with Crippen LogP contribution in [0.1, 0.15) is 46.5 Å². The number of ketones is 1. The fraction of sp³-hybridized carbons (Fsp3) is 0.733. The molecule has 2 fully saturated rings. The molecule has 2 saturated carbocycles. The van der Waals surface area contributed by atoms with Gasteiger partial charge in [0.15, 0.2) is 0 Å². The summed E-state index contributed by atoms with van der Waals surface area (Å²) in [6.45, 7) is 17.6. The SMILES string of the molecule is [C-]#[N+]C1C[C@]2(C)CC(=C)CC[C@H]2C(C)(C)C1=O. The maximum absolute atomic E-state index is 12.3. The predicted octanol–water partition coefficient (Wildman–Crippen LogP) is 3.64. The Hall–Kier alpha value is -1.10. The van der Waals surface area contributed by atoms with Crippen LogP contribution in [0.15, 0.2) is 12.2 Å². The van der Waals surface area contributed by atoms with Crippen LogP contribution in [0.5, 0.6) is 0 Å². The standard InChI is InChI=1S/C15H21NO/c1-10-6-7-12-14(2,3)13(17)11(16-5)9-15(12,4)8-10/h11-12H,1,6-9H2,2-4H3/t11?,12-,15-/m0/s1. The fourth-order valence-electron chi connectivity index (χ4n) is 4.17. The Balaban J connectivity index is 2.41. The van der Waals surface area contributed by atoms with Gasteiger partial charge < -0.3 is 4.85 Å². The van der Waals surface area contributed by atoms with Crippen molar-refractivity contribution in [3.63, 3.8) is 0 Å². The molecule has 0 spiro atoms. The number of nitrogens with zero attached hydrogens (tertiary/aromatic N) is 1. The molecule has 0 N–H and O–H groups in total. The van der Waals surface area contributed by atoms with Gasteiger partial charge in [0.1, 0.15) is 0 Å². The summed E-state index contributed by atoms with van der Waals surface area (Å²) >= 11 is 0. The van der Waals surface area contributed by atoms with Crippen molar-refractivity contribution in [2.45, 2.75) is 52.5 Å². The van der Waals surface area contributed by atoms with Gasteiger partial charge in [-0.15, -0.1) is 0 Å². The highest BCUT2D eigenvalue weighted by Gasteiger charge is 2.58. The summed E-state index contributed by atoms with van der Waals surface area (Å²) in [6.07, 6.45) is 3.81. The van der Waals surface area contributed by atoms with Crippen LogP contribution in [0.3, 0.4) is 0 Å². The molecule has 0 aromatic carbocycles. The van der Waals surface area contributed by atoms with E-state index in [-0.39, 0.29) is 16.6 Å². The van der Waals surface area contributed by atoms with Crippen LogP contribution < -0.4 is 0 Å². The zero-order chi connectivity index (χ0) is 12.8. The number of allylic oxidation sites excluding steroid dienone is 1. The second-order valence-corrected chi connectivity index (χ2v) is 6.61. The molecule has 0 heterocycles. The van der Waals surface area contributed by atoms with E-state index in [4.69, 9.17) is 6.57 Å². The monoisotopic (exact) mass is 231 g/mol. The van der Waals surface area contributed by atoms with E-state index in [0.717, 1.165) is 25.7 Å². The Morgan fingerprint density at radius 1 is 1.41 bits per heavy atom. The number of hydrogen-bond donors (Lipinski definition) is 0. The van der Waals surface area contributed by atoms with E-state index in [1.165, 1.54) is 5.57 Å². The molecule has 0 radical (unpaired) electrons. The molecule has 17 heavy (non-hydrogen) atoms. The maximum Gasteiger partial charge on any atom is 0.281 e. The van der Waals surface area contributed by atoms with Crippen LogP contribution in [0.2, 0.25) is 0 Å². The average Bonchev–Trinajstić information content (AvgIpc) is 2.23. The third-order valence-corrected chi connectivity index (χ3v) is 4.91. The number of rotatable bonds is 0. The molecular weight excluding hydrogens is 210 g/mol. The molecule has 3 atom stereocenters. The van der Waals surface area contributed by atoms with E-state index in [1.54, 1.807) is 0 Å². The van der Waals surface area contributed by atoms with Crippen molar-refractivity contribution in [1.82, 2.24) is 0 Å². The Morgan fingerprint density at radius 3 is 2.65 bits per heavy atom. The molecule has 2 aliphatic carbocycles. The highest BCUT2D eigenvalue weighted by atomic mass is 16.1. The number of fused-ring (bicyclic) bond motifs is 1. The molecule has 0 amide bonds. The number of Topliss-reactive ketones (excluding diaryl/α,β-unsaturated/α-hetero) is 1. The van der Waals surface area contributed by atoms with E-state index in [1.807, 2.05) is 13.8 Å². The highest BCUT2D eigenvalue weighted by Crippen LogP contribution is 2.57. The van der Waals surface area contributed by atoms with Gasteiger partial charge in [0.05, 0.1) is 0 Å². The first kappa shape index (κ1) is 12.4. The molecule has 0 aliphatic heterocycles. The van der Waals surface area contributed by atoms with Crippen molar-refractivity contribution in [3.8, 4) is 0 Å². The molecule has 0 bridgehead atoms. The zero-order valence-corrected chi connectivity index (χ0v) is 11.0. The minimum absolute atomic E-state index is 0.0992. The Kier molecular flexibility index (Phi) is 2.69. The molecule has 2 rings (SSSR count). The van der Waals surface area contributed by atoms with Gasteiger partial charge in [-0.3, -0.25) is 4.79 Å². The Morgan fingerprint density at radius 2 is 2.06 bits per heavy atom. The summed E-state index contributed by atoms with van der Waals surface area (Å²) in [5.41, 5.74) is 1.04. The van der Waals surface area contributed by atoms with E-state index < -0.39 is 6.04 Å². The van der Waals surface area contributed by atoms with Crippen LogP contribution in [-0.4, -0.2) is 11.8 Å². The minimum Gasteiger partial charge on any atom is -0.305 e. The average molecular weight is 231 g/mol. The first-order valence-electron chi connectivity index (χ1n) is 6.39. The molecule has 92 valence electrons. The topological polar surface area (TPSA) is 21.4 Å². The zero-order valence-electron chi connectivity index (χ0n) is 11.0. The van der Waals surface area contributed by atoms with Gasteiger partial charge in [0.2, 0.25) is 5.78 Å². The maximum atomic E-state index is 12.3. The third kappa shape index (κ3) is 1.73. The molecule has 2 aliphatic rings. The van der Waals surface area contributed by atoms with Crippen molar-refractivity contribution in [3.05, 3.63) is 23.6 Å². The van der Waals surface area contributed by atoms with Gasteiger partial charge in [0, 0.05) is 11.8 Å². The van der Waals surface area contributed by atoms with Gasteiger partial charge in [-0.1, -0.05) is 32.9 Å². The van der Waals surface area contributed by atoms with Crippen molar-refractivity contribution >= 4 is 5.78 Å². The highest BCUT2D eigenvalue weighted by molar-refractivity contribution is 5.92. The van der Waals surface area contributed by atoms with Gasteiger partial charge in [0.25, 0.3) is 6.04 Å². The molecule has 0 saturated heterocycles. The molecule has 1 unspecified atom stereocenters. The van der Waals surface area contributed by atoms with E-state index in [2.05, 4.69) is 18.3 Å². The third-order valence-electron chi connectivity index (χ3n) is 4.91. The second-order valence-electron chi connectivity index (χ2n) is 6.61. The summed E-state index contributed by atoms with van der Waals surface area (Å²) in [5, 5.41) is 0. The first-order chi connectivity index (χ1) is 7.81. The van der Waals surface area contributed by atoms with Gasteiger partial charge in [-0.2, -0.15) is 0 Å².